The number of halogens is 4. The van der Waals surface area contributed by atoms with Gasteiger partial charge in [0.05, 0.1) is 23.0 Å². The van der Waals surface area contributed by atoms with Gasteiger partial charge in [0.15, 0.2) is 0 Å². The van der Waals surface area contributed by atoms with E-state index >= 15 is 4.39 Å². The third-order valence-corrected chi connectivity index (χ3v) is 10.8. The highest BCUT2D eigenvalue weighted by atomic mass is 19.4. The number of piperazine rings is 2. The molecule has 4 aliphatic rings. The van der Waals surface area contributed by atoms with Gasteiger partial charge in [-0.05, 0) is 43.7 Å². The number of fused-ring (bicyclic) bond motifs is 3. The van der Waals surface area contributed by atoms with Gasteiger partial charge < -0.3 is 19.4 Å². The number of anilines is 3. The number of nitrogens with zero attached hydrogens (tertiary/aromatic N) is 7. The molecule has 3 aromatic rings. The second-order valence-corrected chi connectivity index (χ2v) is 14.3. The van der Waals surface area contributed by atoms with E-state index in [1.54, 1.807) is 22.8 Å². The molecule has 3 fully saturated rings. The highest BCUT2D eigenvalue weighted by Crippen LogP contribution is 2.41. The van der Waals surface area contributed by atoms with Crippen LogP contribution < -0.4 is 14.7 Å². The average molecular weight is 752 g/mol. The summed E-state index contributed by atoms with van der Waals surface area (Å²) in [7, 11) is 1.46. The number of alkyl halides is 3. The van der Waals surface area contributed by atoms with E-state index in [0.717, 1.165) is 22.6 Å². The Morgan fingerprint density at radius 2 is 1.70 bits per heavy atom. The molecule has 2 aromatic carbocycles. The van der Waals surface area contributed by atoms with E-state index < -0.39 is 53.5 Å². The van der Waals surface area contributed by atoms with Gasteiger partial charge in [-0.25, -0.2) is 14.2 Å². The maximum atomic E-state index is 15.8. The van der Waals surface area contributed by atoms with Crippen LogP contribution in [0.3, 0.4) is 0 Å². The van der Waals surface area contributed by atoms with Gasteiger partial charge >= 0.3 is 12.3 Å². The first-order valence-electron chi connectivity index (χ1n) is 17.9. The third-order valence-electron chi connectivity index (χ3n) is 10.8. The summed E-state index contributed by atoms with van der Waals surface area (Å²) in [5, 5.41) is 0. The fraction of sp³-hybridized carbons (Fsp3) is 0.447. The summed E-state index contributed by atoms with van der Waals surface area (Å²) < 4.78 is 62.7. The molecule has 4 amide bonds. The molecule has 12 nitrogen and oxygen atoms in total. The van der Waals surface area contributed by atoms with Crippen LogP contribution in [-0.4, -0.2) is 114 Å². The predicted molar refractivity (Wildman–Crippen MR) is 190 cm³/mol. The van der Waals surface area contributed by atoms with Gasteiger partial charge in [-0.3, -0.25) is 29.1 Å². The molecule has 0 spiro atoms. The molecule has 7 rings (SSSR count). The Morgan fingerprint density at radius 3 is 2.44 bits per heavy atom. The number of para-hydroxylation sites is 1. The van der Waals surface area contributed by atoms with Gasteiger partial charge in [0.25, 0.3) is 0 Å². The molecular formula is C38H41F4N7O5. The topological polar surface area (TPSA) is 110 Å². The van der Waals surface area contributed by atoms with Crippen molar-refractivity contribution in [3.8, 4) is 0 Å². The number of ether oxygens (including phenoxy) is 1. The van der Waals surface area contributed by atoms with Crippen molar-refractivity contribution >= 4 is 41.0 Å². The van der Waals surface area contributed by atoms with Crippen molar-refractivity contribution in [1.29, 1.82) is 0 Å². The number of aryl methyl sites for hydroxylation is 1. The largest absolute Gasteiger partial charge is 0.445 e. The lowest BCUT2D eigenvalue weighted by Crippen LogP contribution is -2.68. The van der Waals surface area contributed by atoms with Crippen LogP contribution in [-0.2, 0) is 31.9 Å². The van der Waals surface area contributed by atoms with Crippen molar-refractivity contribution in [3.05, 3.63) is 83.3 Å². The Hall–Kier alpha value is -5.25. The van der Waals surface area contributed by atoms with Gasteiger partial charge in [-0.1, -0.05) is 36.4 Å². The van der Waals surface area contributed by atoms with Crippen LogP contribution in [0.5, 0.6) is 0 Å². The van der Waals surface area contributed by atoms with Gasteiger partial charge in [0, 0.05) is 70.9 Å². The van der Waals surface area contributed by atoms with E-state index in [2.05, 4.69) is 9.88 Å². The SMILES string of the molecule is Cc1cc(C(F)(F)F)cc(N2C(=O)C[C@@H]3CN(CCN4CCN5C(=O)[C@@H](C)N(C(=O)OCc6ccccc6)C[C@H]5C4)c4c(F)cccc4N(C)C(=O)[C@H]32)n1. The average Bonchev–Trinajstić information content (AvgIpc) is 3.47. The number of likely N-dealkylation sites (N-methyl/N-ethyl adjacent to an activating group) is 1. The van der Waals surface area contributed by atoms with Gasteiger partial charge in [0.1, 0.15) is 30.3 Å². The third kappa shape index (κ3) is 7.06. The molecule has 0 saturated carbocycles. The monoisotopic (exact) mass is 751 g/mol. The quantitative estimate of drug-likeness (QED) is 0.343. The summed E-state index contributed by atoms with van der Waals surface area (Å²) in [6.45, 7) is 5.59. The van der Waals surface area contributed by atoms with Crippen molar-refractivity contribution in [2.45, 2.75) is 51.2 Å². The second kappa shape index (κ2) is 14.5. The van der Waals surface area contributed by atoms with Crippen molar-refractivity contribution in [3.63, 3.8) is 0 Å². The maximum Gasteiger partial charge on any atom is 0.416 e. The smallest absolute Gasteiger partial charge is 0.416 e. The van der Waals surface area contributed by atoms with Crippen molar-refractivity contribution in [2.75, 3.05) is 67.6 Å². The molecule has 16 heteroatoms. The molecule has 0 bridgehead atoms. The molecule has 54 heavy (non-hydrogen) atoms. The number of carbonyl (C=O) groups is 4. The molecule has 5 heterocycles. The van der Waals surface area contributed by atoms with Crippen LogP contribution >= 0.6 is 0 Å². The lowest BCUT2D eigenvalue weighted by atomic mass is 9.95. The van der Waals surface area contributed by atoms with Gasteiger partial charge in [-0.2, -0.15) is 13.2 Å². The highest BCUT2D eigenvalue weighted by Gasteiger charge is 2.50. The summed E-state index contributed by atoms with van der Waals surface area (Å²) in [5.74, 6) is -2.80. The number of pyridine rings is 1. The molecule has 4 aliphatic heterocycles. The van der Waals surface area contributed by atoms with Gasteiger partial charge in [0.2, 0.25) is 17.7 Å². The minimum absolute atomic E-state index is 0.0400. The zero-order valence-electron chi connectivity index (χ0n) is 30.1. The standard InChI is InChI=1S/C38H41F4N7O5/c1-23-16-27(38(40,41)42)18-31(43-23)49-32(50)17-26-19-46(34-29(39)10-7-11-30(34)44(3)36(52)33(26)49)14-12-45-13-15-47-28(20-45)21-48(24(2)35(47)51)37(53)54-22-25-8-5-4-6-9-25/h4-11,16,18,24,26,28,33H,12-15,17,19-22H2,1-3H3/t24-,26-,28-,33+/m1/s1. The highest BCUT2D eigenvalue weighted by molar-refractivity contribution is 6.10. The van der Waals surface area contributed by atoms with Crippen LogP contribution in [0.1, 0.15) is 30.2 Å². The fourth-order valence-corrected chi connectivity index (χ4v) is 8.09. The number of hydrogen-bond acceptors (Lipinski definition) is 8. The Balaban J connectivity index is 1.10. The predicted octanol–water partition coefficient (Wildman–Crippen LogP) is 4.31. The number of aromatic nitrogens is 1. The molecule has 286 valence electrons. The lowest BCUT2D eigenvalue weighted by Gasteiger charge is -2.49. The van der Waals surface area contributed by atoms with Gasteiger partial charge in [-0.15, -0.1) is 0 Å². The summed E-state index contributed by atoms with van der Waals surface area (Å²) in [6, 6.07) is 13.1. The zero-order chi connectivity index (χ0) is 38.5. The molecule has 4 atom stereocenters. The van der Waals surface area contributed by atoms with E-state index in [1.807, 2.05) is 30.3 Å². The summed E-state index contributed by atoms with van der Waals surface area (Å²) in [6.07, 6.45) is -5.43. The number of amides is 4. The minimum Gasteiger partial charge on any atom is -0.445 e. The molecule has 0 radical (unpaired) electrons. The van der Waals surface area contributed by atoms with Crippen molar-refractivity contribution in [1.82, 2.24) is 19.7 Å². The molecule has 0 unspecified atom stereocenters. The van der Waals surface area contributed by atoms with Crippen LogP contribution in [0.2, 0.25) is 0 Å². The molecule has 3 saturated heterocycles. The van der Waals surface area contributed by atoms with E-state index in [-0.39, 0.29) is 67.5 Å². The first-order valence-corrected chi connectivity index (χ1v) is 17.9. The van der Waals surface area contributed by atoms with Crippen LogP contribution in [0.15, 0.2) is 60.7 Å². The molecule has 1 aromatic heterocycles. The Kier molecular flexibility index (Phi) is 9.98. The molecular weight excluding hydrogens is 710 g/mol. The van der Waals surface area contributed by atoms with E-state index in [4.69, 9.17) is 4.74 Å². The summed E-state index contributed by atoms with van der Waals surface area (Å²) >= 11 is 0. The molecule has 0 N–H and O–H groups in total. The second-order valence-electron chi connectivity index (χ2n) is 14.3. The van der Waals surface area contributed by atoms with Crippen molar-refractivity contribution < 1.29 is 41.5 Å². The number of hydrogen-bond donors (Lipinski definition) is 0. The van der Waals surface area contributed by atoms with E-state index in [0.29, 0.717) is 26.2 Å². The Bertz CT molecular complexity index is 1950. The minimum atomic E-state index is -4.70. The first kappa shape index (κ1) is 37.1. The summed E-state index contributed by atoms with van der Waals surface area (Å²) in [4.78, 5) is 67.9. The number of rotatable bonds is 6. The number of carbonyl (C=O) groups excluding carboxylic acids is 4. The maximum absolute atomic E-state index is 15.8. The van der Waals surface area contributed by atoms with E-state index in [1.165, 1.54) is 35.9 Å². The van der Waals surface area contributed by atoms with Crippen LogP contribution in [0.4, 0.5) is 39.5 Å². The Morgan fingerprint density at radius 1 is 0.944 bits per heavy atom. The van der Waals surface area contributed by atoms with Crippen LogP contribution in [0, 0.1) is 18.7 Å². The first-order chi connectivity index (χ1) is 25.7. The Labute approximate surface area is 309 Å². The molecule has 0 aliphatic carbocycles. The normalized spacial score (nSPS) is 23.5. The lowest BCUT2D eigenvalue weighted by molar-refractivity contribution is -0.147. The van der Waals surface area contributed by atoms with Crippen molar-refractivity contribution in [2.24, 2.45) is 5.92 Å². The van der Waals surface area contributed by atoms with Crippen LogP contribution in [0.25, 0.3) is 0 Å². The summed E-state index contributed by atoms with van der Waals surface area (Å²) in [5.41, 5.74) is 0.320. The van der Waals surface area contributed by atoms with E-state index in [9.17, 15) is 32.3 Å². The number of benzene rings is 2. The zero-order valence-corrected chi connectivity index (χ0v) is 30.1. The fourth-order valence-electron chi connectivity index (χ4n) is 8.09.